The molecular weight excluding hydrogens is 224 g/mol. The third kappa shape index (κ3) is 3.09. The fourth-order valence-electron chi connectivity index (χ4n) is 2.09. The highest BCUT2D eigenvalue weighted by Gasteiger charge is 2.10. The molecule has 0 amide bonds. The highest BCUT2D eigenvalue weighted by Crippen LogP contribution is 2.12. The topological polar surface area (TPSA) is 66.7 Å². The number of nitrogens with zero attached hydrogens (tertiary/aromatic N) is 1. The van der Waals surface area contributed by atoms with Gasteiger partial charge in [-0.3, -0.25) is 0 Å². The number of rotatable bonds is 6. The summed E-state index contributed by atoms with van der Waals surface area (Å²) in [5.41, 5.74) is 9.14. The Morgan fingerprint density at radius 2 is 2.22 bits per heavy atom. The van der Waals surface area contributed by atoms with Crippen molar-refractivity contribution in [3.63, 3.8) is 0 Å². The van der Waals surface area contributed by atoms with E-state index >= 15 is 0 Å². The molecule has 1 unspecified atom stereocenters. The van der Waals surface area contributed by atoms with Crippen LogP contribution >= 0.6 is 0 Å². The van der Waals surface area contributed by atoms with Crippen molar-refractivity contribution >= 4 is 11.0 Å². The summed E-state index contributed by atoms with van der Waals surface area (Å²) in [7, 11) is 0. The molecule has 0 aliphatic carbocycles. The van der Waals surface area contributed by atoms with Crippen LogP contribution in [0, 0.1) is 11.8 Å². The molecule has 18 heavy (non-hydrogen) atoms. The van der Waals surface area contributed by atoms with E-state index in [1.54, 1.807) is 6.33 Å². The molecule has 0 aliphatic rings. The second kappa shape index (κ2) is 5.98. The normalized spacial score (nSPS) is 13.3. The van der Waals surface area contributed by atoms with E-state index in [1.165, 1.54) is 5.56 Å². The van der Waals surface area contributed by atoms with Gasteiger partial charge in [0.15, 0.2) is 0 Å². The van der Waals surface area contributed by atoms with Crippen molar-refractivity contribution in [1.29, 1.82) is 0 Å². The summed E-state index contributed by atoms with van der Waals surface area (Å²) in [6.45, 7) is 7.02. The van der Waals surface area contributed by atoms with Crippen LogP contribution in [0.5, 0.6) is 0 Å². The number of hydrogen-bond donors (Lipinski definition) is 3. The Morgan fingerprint density at radius 1 is 1.39 bits per heavy atom. The quantitative estimate of drug-likeness (QED) is 0.729. The van der Waals surface area contributed by atoms with Crippen LogP contribution < -0.4 is 11.1 Å². The highest BCUT2D eigenvalue weighted by molar-refractivity contribution is 5.74. The van der Waals surface area contributed by atoms with E-state index in [0.717, 1.165) is 30.7 Å². The lowest BCUT2D eigenvalue weighted by Gasteiger charge is -2.19. The molecule has 0 saturated carbocycles. The van der Waals surface area contributed by atoms with Crippen molar-refractivity contribution in [2.45, 2.75) is 20.4 Å². The Balaban J connectivity index is 1.89. The molecule has 0 radical (unpaired) electrons. The third-order valence-electron chi connectivity index (χ3n) is 3.47. The minimum absolute atomic E-state index is 0.542. The van der Waals surface area contributed by atoms with Crippen molar-refractivity contribution < 1.29 is 0 Å². The Morgan fingerprint density at radius 3 is 2.94 bits per heavy atom. The second-order valence-corrected chi connectivity index (χ2v) is 5.12. The van der Waals surface area contributed by atoms with Crippen molar-refractivity contribution in [3.05, 3.63) is 30.1 Å². The monoisotopic (exact) mass is 246 g/mol. The van der Waals surface area contributed by atoms with E-state index in [2.05, 4.69) is 41.3 Å². The van der Waals surface area contributed by atoms with Gasteiger partial charge in [0.1, 0.15) is 0 Å². The molecule has 1 atom stereocenters. The number of nitrogens with two attached hydrogens (primary N) is 1. The zero-order chi connectivity index (χ0) is 13.0. The van der Waals surface area contributed by atoms with Gasteiger partial charge in [-0.25, -0.2) is 4.98 Å². The molecular formula is C14H22N4. The first-order valence-corrected chi connectivity index (χ1v) is 6.53. The number of imidazole rings is 1. The summed E-state index contributed by atoms with van der Waals surface area (Å²) >= 11 is 0. The van der Waals surface area contributed by atoms with Crippen LogP contribution in [-0.2, 0) is 6.54 Å². The molecule has 1 heterocycles. The average Bonchev–Trinajstić information content (AvgIpc) is 2.81. The molecule has 0 saturated heterocycles. The van der Waals surface area contributed by atoms with Gasteiger partial charge < -0.3 is 16.0 Å². The first kappa shape index (κ1) is 13.1. The molecule has 98 valence electrons. The third-order valence-corrected chi connectivity index (χ3v) is 3.47. The molecule has 2 aromatic rings. The van der Waals surface area contributed by atoms with Gasteiger partial charge in [0.05, 0.1) is 17.4 Å². The van der Waals surface area contributed by atoms with Crippen LogP contribution in [-0.4, -0.2) is 23.1 Å². The van der Waals surface area contributed by atoms with Crippen molar-refractivity contribution in [2.75, 3.05) is 13.1 Å². The fourth-order valence-corrected chi connectivity index (χ4v) is 2.09. The largest absolute Gasteiger partial charge is 0.345 e. The number of benzene rings is 1. The lowest BCUT2D eigenvalue weighted by molar-refractivity contribution is 0.370. The number of aromatic nitrogens is 2. The van der Waals surface area contributed by atoms with Gasteiger partial charge in [0.2, 0.25) is 0 Å². The molecule has 0 aliphatic heterocycles. The number of nitrogens with one attached hydrogen (secondary N) is 2. The lowest BCUT2D eigenvalue weighted by Crippen LogP contribution is -2.31. The Bertz CT molecular complexity index is 489. The number of H-pyrrole nitrogens is 1. The van der Waals surface area contributed by atoms with E-state index in [9.17, 15) is 0 Å². The Hall–Kier alpha value is -1.39. The number of hydrogen-bond acceptors (Lipinski definition) is 3. The van der Waals surface area contributed by atoms with Gasteiger partial charge in [-0.1, -0.05) is 19.9 Å². The number of fused-ring (bicyclic) bond motifs is 1. The number of aromatic amines is 1. The first-order valence-electron chi connectivity index (χ1n) is 6.53. The predicted octanol–water partition coefficient (Wildman–Crippen LogP) is 1.88. The SMILES string of the molecule is CC(C)C(CN)CNCc1ccc2nc[nH]c2c1. The van der Waals surface area contributed by atoms with Crippen molar-refractivity contribution in [3.8, 4) is 0 Å². The van der Waals surface area contributed by atoms with Crippen LogP contribution in [0.15, 0.2) is 24.5 Å². The van der Waals surface area contributed by atoms with Gasteiger partial charge in [-0.15, -0.1) is 0 Å². The minimum atomic E-state index is 0.542. The van der Waals surface area contributed by atoms with Gasteiger partial charge in [0, 0.05) is 6.54 Å². The minimum Gasteiger partial charge on any atom is -0.345 e. The molecule has 1 aromatic heterocycles. The zero-order valence-corrected chi connectivity index (χ0v) is 11.1. The molecule has 4 N–H and O–H groups in total. The Labute approximate surface area is 108 Å². The highest BCUT2D eigenvalue weighted by atomic mass is 14.9. The average molecular weight is 246 g/mol. The van der Waals surface area contributed by atoms with Crippen LogP contribution in [0.3, 0.4) is 0 Å². The first-order chi connectivity index (χ1) is 8.70. The van der Waals surface area contributed by atoms with Crippen LogP contribution in [0.25, 0.3) is 11.0 Å². The van der Waals surface area contributed by atoms with Crippen LogP contribution in [0.1, 0.15) is 19.4 Å². The van der Waals surface area contributed by atoms with Gasteiger partial charge in [-0.05, 0) is 42.6 Å². The smallest absolute Gasteiger partial charge is 0.0931 e. The van der Waals surface area contributed by atoms with Crippen LogP contribution in [0.4, 0.5) is 0 Å². The molecule has 0 spiro atoms. The maximum atomic E-state index is 5.76. The van der Waals surface area contributed by atoms with E-state index in [1.807, 2.05) is 6.07 Å². The van der Waals surface area contributed by atoms with E-state index < -0.39 is 0 Å². The second-order valence-electron chi connectivity index (χ2n) is 5.12. The maximum absolute atomic E-state index is 5.76. The summed E-state index contributed by atoms with van der Waals surface area (Å²) in [4.78, 5) is 7.34. The predicted molar refractivity (Wildman–Crippen MR) is 75.2 cm³/mol. The van der Waals surface area contributed by atoms with Gasteiger partial charge >= 0.3 is 0 Å². The Kier molecular flexibility index (Phi) is 4.33. The van der Waals surface area contributed by atoms with Crippen LogP contribution in [0.2, 0.25) is 0 Å². The van der Waals surface area contributed by atoms with Crippen molar-refractivity contribution in [2.24, 2.45) is 17.6 Å². The fraction of sp³-hybridized carbons (Fsp3) is 0.500. The van der Waals surface area contributed by atoms with Gasteiger partial charge in [0.25, 0.3) is 0 Å². The molecule has 2 rings (SSSR count). The summed E-state index contributed by atoms with van der Waals surface area (Å²) in [5, 5.41) is 3.48. The summed E-state index contributed by atoms with van der Waals surface area (Å²) in [5.74, 6) is 1.17. The summed E-state index contributed by atoms with van der Waals surface area (Å²) in [6, 6.07) is 6.30. The molecule has 1 aromatic carbocycles. The maximum Gasteiger partial charge on any atom is 0.0931 e. The molecule has 4 heteroatoms. The van der Waals surface area contributed by atoms with E-state index in [-0.39, 0.29) is 0 Å². The summed E-state index contributed by atoms with van der Waals surface area (Å²) in [6.07, 6.45) is 1.73. The molecule has 4 nitrogen and oxygen atoms in total. The van der Waals surface area contributed by atoms with E-state index in [0.29, 0.717) is 11.8 Å². The van der Waals surface area contributed by atoms with Gasteiger partial charge in [-0.2, -0.15) is 0 Å². The molecule has 0 bridgehead atoms. The van der Waals surface area contributed by atoms with Crippen molar-refractivity contribution in [1.82, 2.24) is 15.3 Å². The standard InChI is InChI=1S/C14H22N4/c1-10(2)12(6-15)8-16-7-11-3-4-13-14(5-11)18-9-17-13/h3-5,9-10,12,16H,6-8,15H2,1-2H3,(H,17,18). The zero-order valence-electron chi connectivity index (χ0n) is 11.1. The molecule has 0 fully saturated rings. The van der Waals surface area contributed by atoms with E-state index in [4.69, 9.17) is 5.73 Å². The lowest BCUT2D eigenvalue weighted by atomic mass is 9.96. The summed E-state index contributed by atoms with van der Waals surface area (Å²) < 4.78 is 0.